The van der Waals surface area contributed by atoms with Crippen LogP contribution in [-0.4, -0.2) is 56.5 Å². The van der Waals surface area contributed by atoms with Gasteiger partial charge in [0.05, 0.1) is 4.90 Å². The van der Waals surface area contributed by atoms with E-state index in [0.717, 1.165) is 20.8 Å². The molecule has 1 aliphatic heterocycles. The first-order chi connectivity index (χ1) is 15.8. The molecule has 8 nitrogen and oxygen atoms in total. The number of sulfonamides is 1. The molecule has 0 spiro atoms. The summed E-state index contributed by atoms with van der Waals surface area (Å²) in [5, 5.41) is 13.5. The Balaban J connectivity index is 0.000000218. The van der Waals surface area contributed by atoms with Crippen molar-refractivity contribution < 1.29 is 23.1 Å². The SMILES string of the molecule is CNC(=O)N(C)c1ccccc1.O=C(O)C1CCCN1S(=O)(=O)c1ccc2ccccc2c1. The molecule has 3 aromatic rings. The van der Waals surface area contributed by atoms with Gasteiger partial charge in [-0.15, -0.1) is 0 Å². The van der Waals surface area contributed by atoms with E-state index < -0.39 is 22.0 Å². The number of benzene rings is 3. The molecule has 1 heterocycles. The van der Waals surface area contributed by atoms with Gasteiger partial charge in [0.15, 0.2) is 0 Å². The summed E-state index contributed by atoms with van der Waals surface area (Å²) in [6.45, 7) is 0.256. The van der Waals surface area contributed by atoms with Gasteiger partial charge in [-0.3, -0.25) is 9.69 Å². The number of carboxylic acids is 1. The van der Waals surface area contributed by atoms with Crippen molar-refractivity contribution in [2.45, 2.75) is 23.8 Å². The second kappa shape index (κ2) is 10.5. The Bertz CT molecular complexity index is 1230. The van der Waals surface area contributed by atoms with E-state index in [9.17, 15) is 18.0 Å². The molecule has 33 heavy (non-hydrogen) atoms. The van der Waals surface area contributed by atoms with Crippen LogP contribution in [0.1, 0.15) is 12.8 Å². The predicted molar refractivity (Wildman–Crippen MR) is 128 cm³/mol. The maximum absolute atomic E-state index is 12.7. The zero-order chi connectivity index (χ0) is 24.0. The summed E-state index contributed by atoms with van der Waals surface area (Å²) in [4.78, 5) is 24.0. The molecule has 0 aliphatic carbocycles. The Kier molecular flexibility index (Phi) is 7.67. The number of urea groups is 1. The number of fused-ring (bicyclic) bond motifs is 1. The number of rotatable bonds is 4. The Labute approximate surface area is 193 Å². The fourth-order valence-corrected chi connectivity index (χ4v) is 5.36. The van der Waals surface area contributed by atoms with Gasteiger partial charge in [-0.05, 0) is 47.9 Å². The fraction of sp³-hybridized carbons (Fsp3) is 0.250. The Morgan fingerprint density at radius 1 is 1.00 bits per heavy atom. The van der Waals surface area contributed by atoms with Gasteiger partial charge in [-0.2, -0.15) is 4.31 Å². The molecule has 0 bridgehead atoms. The predicted octanol–water partition coefficient (Wildman–Crippen LogP) is 3.54. The lowest BCUT2D eigenvalue weighted by Crippen LogP contribution is -2.40. The van der Waals surface area contributed by atoms with Crippen LogP contribution in [0.25, 0.3) is 10.8 Å². The monoisotopic (exact) mass is 469 g/mol. The number of para-hydroxylation sites is 1. The van der Waals surface area contributed by atoms with Gasteiger partial charge in [-0.1, -0.05) is 48.5 Å². The molecule has 2 N–H and O–H groups in total. The minimum absolute atomic E-state index is 0.110. The van der Waals surface area contributed by atoms with Crippen molar-refractivity contribution in [2.24, 2.45) is 0 Å². The van der Waals surface area contributed by atoms with Crippen molar-refractivity contribution in [3.8, 4) is 0 Å². The maximum atomic E-state index is 12.7. The van der Waals surface area contributed by atoms with Crippen molar-refractivity contribution in [1.29, 1.82) is 0 Å². The van der Waals surface area contributed by atoms with Gasteiger partial charge < -0.3 is 10.4 Å². The second-order valence-electron chi connectivity index (χ2n) is 7.57. The minimum atomic E-state index is -3.77. The largest absolute Gasteiger partial charge is 0.480 e. The van der Waals surface area contributed by atoms with Gasteiger partial charge in [0.2, 0.25) is 10.0 Å². The number of aliphatic carboxylic acids is 1. The first-order valence-corrected chi connectivity index (χ1v) is 11.9. The average molecular weight is 470 g/mol. The van der Waals surface area contributed by atoms with E-state index in [1.54, 1.807) is 31.1 Å². The van der Waals surface area contributed by atoms with Crippen LogP contribution in [0, 0.1) is 0 Å². The molecule has 4 rings (SSSR count). The van der Waals surface area contributed by atoms with Crippen molar-refractivity contribution in [1.82, 2.24) is 9.62 Å². The molecular weight excluding hydrogens is 442 g/mol. The van der Waals surface area contributed by atoms with Crippen LogP contribution in [0.15, 0.2) is 77.7 Å². The summed E-state index contributed by atoms with van der Waals surface area (Å²) >= 11 is 0. The van der Waals surface area contributed by atoms with Crippen molar-refractivity contribution in [3.05, 3.63) is 72.8 Å². The molecule has 1 atom stereocenters. The molecule has 1 unspecified atom stereocenters. The Hall–Kier alpha value is -3.43. The minimum Gasteiger partial charge on any atom is -0.480 e. The van der Waals surface area contributed by atoms with Crippen LogP contribution in [0.2, 0.25) is 0 Å². The van der Waals surface area contributed by atoms with Crippen LogP contribution < -0.4 is 10.2 Å². The normalized spacial score (nSPS) is 16.0. The number of nitrogens with one attached hydrogen (secondary N) is 1. The standard InChI is InChI=1S/C15H15NO4S.C9H12N2O/c17-15(18)14-6-3-9-16(14)21(19,20)13-8-7-11-4-1-2-5-12(11)10-13;1-10-9(12)11(2)8-6-4-3-5-7-8/h1-2,4-5,7-8,10,14H,3,6,9H2,(H,17,18);3-7H,1-2H3,(H,10,12). The van der Waals surface area contributed by atoms with Gasteiger partial charge >= 0.3 is 12.0 Å². The molecule has 0 radical (unpaired) electrons. The molecule has 2 amide bonds. The van der Waals surface area contributed by atoms with Crippen molar-refractivity contribution >= 4 is 38.5 Å². The van der Waals surface area contributed by atoms with Gasteiger partial charge in [-0.25, -0.2) is 13.2 Å². The zero-order valence-electron chi connectivity index (χ0n) is 18.5. The molecule has 174 valence electrons. The number of carboxylic acid groups (broad SMARTS) is 1. The summed E-state index contributed by atoms with van der Waals surface area (Å²) in [5.41, 5.74) is 0.886. The Morgan fingerprint density at radius 2 is 1.64 bits per heavy atom. The summed E-state index contributed by atoms with van der Waals surface area (Å²) in [7, 11) is -0.429. The van der Waals surface area contributed by atoms with Gasteiger partial charge in [0, 0.05) is 26.3 Å². The summed E-state index contributed by atoms with van der Waals surface area (Å²) in [6.07, 6.45) is 0.936. The molecule has 9 heteroatoms. The second-order valence-corrected chi connectivity index (χ2v) is 9.46. The van der Waals surface area contributed by atoms with E-state index in [1.807, 2.05) is 54.6 Å². The third-order valence-electron chi connectivity index (χ3n) is 5.48. The highest BCUT2D eigenvalue weighted by Gasteiger charge is 2.39. The molecule has 1 aliphatic rings. The molecule has 0 aromatic heterocycles. The third-order valence-corrected chi connectivity index (χ3v) is 7.38. The lowest BCUT2D eigenvalue weighted by molar-refractivity contribution is -0.140. The van der Waals surface area contributed by atoms with E-state index in [-0.39, 0.29) is 17.5 Å². The fourth-order valence-electron chi connectivity index (χ4n) is 3.67. The van der Waals surface area contributed by atoms with Crippen LogP contribution >= 0.6 is 0 Å². The number of nitrogens with zero attached hydrogens (tertiary/aromatic N) is 2. The van der Waals surface area contributed by atoms with Gasteiger partial charge in [0.1, 0.15) is 6.04 Å². The van der Waals surface area contributed by atoms with Crippen LogP contribution in [0.5, 0.6) is 0 Å². The number of hydrogen-bond acceptors (Lipinski definition) is 4. The first-order valence-electron chi connectivity index (χ1n) is 10.5. The maximum Gasteiger partial charge on any atom is 0.322 e. The van der Waals surface area contributed by atoms with E-state index in [2.05, 4.69) is 5.32 Å². The van der Waals surface area contributed by atoms with Crippen LogP contribution in [-0.2, 0) is 14.8 Å². The van der Waals surface area contributed by atoms with E-state index in [1.165, 1.54) is 6.07 Å². The van der Waals surface area contributed by atoms with Crippen LogP contribution in [0.3, 0.4) is 0 Å². The summed E-state index contributed by atoms with van der Waals surface area (Å²) < 4.78 is 26.4. The van der Waals surface area contributed by atoms with E-state index in [4.69, 9.17) is 5.11 Å². The zero-order valence-corrected chi connectivity index (χ0v) is 19.3. The lowest BCUT2D eigenvalue weighted by Gasteiger charge is -2.21. The molecule has 0 saturated carbocycles. The number of amides is 2. The lowest BCUT2D eigenvalue weighted by atomic mass is 10.1. The summed E-state index contributed by atoms with van der Waals surface area (Å²) in [5.74, 6) is -1.09. The highest BCUT2D eigenvalue weighted by molar-refractivity contribution is 7.89. The highest BCUT2D eigenvalue weighted by Crippen LogP contribution is 2.28. The van der Waals surface area contributed by atoms with E-state index in [0.29, 0.717) is 12.8 Å². The van der Waals surface area contributed by atoms with E-state index >= 15 is 0 Å². The third kappa shape index (κ3) is 5.50. The average Bonchev–Trinajstić information content (AvgIpc) is 3.35. The first kappa shape index (κ1) is 24.2. The molecule has 1 saturated heterocycles. The quantitative estimate of drug-likeness (QED) is 0.608. The molecule has 3 aromatic carbocycles. The Morgan fingerprint density at radius 3 is 2.27 bits per heavy atom. The van der Waals surface area contributed by atoms with Crippen molar-refractivity contribution in [2.75, 3.05) is 25.5 Å². The molecular formula is C24H27N3O5S. The van der Waals surface area contributed by atoms with Gasteiger partial charge in [0.25, 0.3) is 0 Å². The summed E-state index contributed by atoms with van der Waals surface area (Å²) in [6, 6.07) is 20.8. The highest BCUT2D eigenvalue weighted by atomic mass is 32.2. The van der Waals surface area contributed by atoms with Crippen LogP contribution in [0.4, 0.5) is 10.5 Å². The number of hydrogen-bond donors (Lipinski definition) is 2. The smallest absolute Gasteiger partial charge is 0.322 e. The number of carbonyl (C=O) groups excluding carboxylic acids is 1. The molecule has 1 fully saturated rings. The number of anilines is 1. The van der Waals surface area contributed by atoms with Crippen molar-refractivity contribution in [3.63, 3.8) is 0 Å². The topological polar surface area (TPSA) is 107 Å². The number of carbonyl (C=O) groups is 2.